The van der Waals surface area contributed by atoms with Crippen molar-refractivity contribution in [3.63, 3.8) is 0 Å². The number of anilines is 2. The van der Waals surface area contributed by atoms with E-state index in [-0.39, 0.29) is 22.5 Å². The third kappa shape index (κ3) is 4.02. The third-order valence-corrected chi connectivity index (χ3v) is 5.17. The first-order chi connectivity index (χ1) is 14.2. The third-order valence-electron chi connectivity index (χ3n) is 4.88. The zero-order valence-corrected chi connectivity index (χ0v) is 16.1. The van der Waals surface area contributed by atoms with E-state index in [1.165, 1.54) is 24.3 Å². The predicted octanol–water partition coefficient (Wildman–Crippen LogP) is 3.79. The molecule has 0 saturated carbocycles. The molecule has 1 aliphatic rings. The Morgan fingerprint density at radius 3 is 2.53 bits per heavy atom. The summed E-state index contributed by atoms with van der Waals surface area (Å²) < 4.78 is 53.0. The lowest BCUT2D eigenvalue weighted by Crippen LogP contribution is -2.38. The van der Waals surface area contributed by atoms with Crippen LogP contribution in [0.1, 0.15) is 18.7 Å². The largest absolute Gasteiger partial charge is 0.453 e. The summed E-state index contributed by atoms with van der Waals surface area (Å²) in [5.74, 6) is -1.94. The maximum Gasteiger partial charge on any atom is 0.453 e. The number of nitrogens with zero attached hydrogens (tertiary/aromatic N) is 5. The molecule has 3 aromatic rings. The number of rotatable bonds is 3. The maximum absolute atomic E-state index is 13.2. The van der Waals surface area contributed by atoms with Crippen molar-refractivity contribution in [3.8, 4) is 0 Å². The van der Waals surface area contributed by atoms with Gasteiger partial charge in [-0.15, -0.1) is 15.3 Å². The molecule has 4 rings (SSSR count). The molecule has 30 heavy (non-hydrogen) atoms. The fourth-order valence-corrected chi connectivity index (χ4v) is 3.49. The molecule has 1 aliphatic heterocycles. The van der Waals surface area contributed by atoms with E-state index < -0.39 is 17.8 Å². The molecule has 7 nitrogen and oxygen atoms in total. The molecule has 0 unspecified atom stereocenters. The average Bonchev–Trinajstić information content (AvgIpc) is 3.14. The van der Waals surface area contributed by atoms with Crippen molar-refractivity contribution < 1.29 is 22.4 Å². The number of carbonyl (C=O) groups excluding carboxylic acids is 1. The molecule has 1 aromatic carbocycles. The van der Waals surface area contributed by atoms with Crippen molar-refractivity contribution >= 4 is 34.7 Å². The van der Waals surface area contributed by atoms with Gasteiger partial charge < -0.3 is 10.2 Å². The van der Waals surface area contributed by atoms with Crippen molar-refractivity contribution in [2.24, 2.45) is 5.92 Å². The monoisotopic (exact) mass is 442 g/mol. The van der Waals surface area contributed by atoms with E-state index in [0.29, 0.717) is 42.0 Å². The highest BCUT2D eigenvalue weighted by atomic mass is 35.5. The van der Waals surface area contributed by atoms with Crippen LogP contribution >= 0.6 is 11.6 Å². The number of hydrogen-bond donors (Lipinski definition) is 1. The first-order valence-corrected chi connectivity index (χ1v) is 9.40. The number of halogens is 5. The molecule has 1 saturated heterocycles. The van der Waals surface area contributed by atoms with E-state index in [0.717, 1.165) is 0 Å². The second-order valence-electron chi connectivity index (χ2n) is 6.86. The van der Waals surface area contributed by atoms with E-state index in [4.69, 9.17) is 11.6 Å². The van der Waals surface area contributed by atoms with Crippen LogP contribution in [-0.2, 0) is 11.0 Å². The molecular weight excluding hydrogens is 428 g/mol. The number of alkyl halides is 3. The summed E-state index contributed by atoms with van der Waals surface area (Å²) in [4.78, 5) is 14.3. The molecule has 158 valence electrons. The average molecular weight is 443 g/mol. The van der Waals surface area contributed by atoms with Crippen LogP contribution in [0.4, 0.5) is 29.1 Å². The molecule has 3 heterocycles. The molecule has 1 N–H and O–H groups in total. The molecule has 0 atom stereocenters. The van der Waals surface area contributed by atoms with E-state index >= 15 is 0 Å². The minimum Gasteiger partial charge on any atom is -0.355 e. The normalized spacial score (nSPS) is 15.6. The van der Waals surface area contributed by atoms with Crippen molar-refractivity contribution in [2.75, 3.05) is 23.3 Å². The molecule has 12 heteroatoms. The lowest BCUT2D eigenvalue weighted by atomic mass is 9.96. The van der Waals surface area contributed by atoms with Crippen molar-refractivity contribution in [1.82, 2.24) is 19.8 Å². The smallest absolute Gasteiger partial charge is 0.355 e. The number of hydrogen-bond acceptors (Lipinski definition) is 5. The first-order valence-electron chi connectivity index (χ1n) is 9.03. The Balaban J connectivity index is 1.42. The SMILES string of the molecule is O=C(Nc1ccc(F)c(Cl)c1)C1CCN(c2ccc3nnc(C(F)(F)F)n3n2)CC1. The second kappa shape index (κ2) is 7.71. The van der Waals surface area contributed by atoms with Crippen LogP contribution in [0, 0.1) is 11.7 Å². The van der Waals surface area contributed by atoms with Gasteiger partial charge in [-0.2, -0.15) is 17.7 Å². The van der Waals surface area contributed by atoms with Gasteiger partial charge in [-0.05, 0) is 43.2 Å². The Hall–Kier alpha value is -2.95. The summed E-state index contributed by atoms with van der Waals surface area (Å²) in [5.41, 5.74) is 0.395. The Labute approximate surface area is 172 Å². The summed E-state index contributed by atoms with van der Waals surface area (Å²) >= 11 is 5.72. The number of piperidine rings is 1. The Morgan fingerprint density at radius 1 is 1.13 bits per heavy atom. The molecular formula is C18H15ClF4N6O. The van der Waals surface area contributed by atoms with Gasteiger partial charge >= 0.3 is 6.18 Å². The zero-order valence-electron chi connectivity index (χ0n) is 15.3. The van der Waals surface area contributed by atoms with Gasteiger partial charge in [0.15, 0.2) is 5.65 Å². The lowest BCUT2D eigenvalue weighted by Gasteiger charge is -2.32. The number of benzene rings is 1. The fourth-order valence-electron chi connectivity index (χ4n) is 3.31. The molecule has 0 radical (unpaired) electrons. The van der Waals surface area contributed by atoms with Gasteiger partial charge in [-0.1, -0.05) is 11.6 Å². The predicted molar refractivity (Wildman–Crippen MR) is 101 cm³/mol. The molecule has 0 aliphatic carbocycles. The summed E-state index contributed by atoms with van der Waals surface area (Å²) in [6.45, 7) is 0.870. The van der Waals surface area contributed by atoms with Crippen molar-refractivity contribution in [2.45, 2.75) is 19.0 Å². The van der Waals surface area contributed by atoms with E-state index in [9.17, 15) is 22.4 Å². The van der Waals surface area contributed by atoms with Crippen LogP contribution in [0.25, 0.3) is 5.65 Å². The topological polar surface area (TPSA) is 75.4 Å². The lowest BCUT2D eigenvalue weighted by molar-refractivity contribution is -0.146. The summed E-state index contributed by atoms with van der Waals surface area (Å²) in [6.07, 6.45) is -3.71. The summed E-state index contributed by atoms with van der Waals surface area (Å²) in [6, 6.07) is 6.92. The van der Waals surface area contributed by atoms with Crippen molar-refractivity contribution in [1.29, 1.82) is 0 Å². The molecule has 1 fully saturated rings. The number of aromatic nitrogens is 4. The van der Waals surface area contributed by atoms with Gasteiger partial charge in [-0.25, -0.2) is 4.39 Å². The highest BCUT2D eigenvalue weighted by Gasteiger charge is 2.38. The highest BCUT2D eigenvalue weighted by Crippen LogP contribution is 2.29. The minimum absolute atomic E-state index is 0.00158. The number of fused-ring (bicyclic) bond motifs is 1. The molecule has 0 bridgehead atoms. The molecule has 1 amide bonds. The van der Waals surface area contributed by atoms with Crippen LogP contribution in [0.5, 0.6) is 0 Å². The zero-order chi connectivity index (χ0) is 21.5. The quantitative estimate of drug-likeness (QED) is 0.625. The van der Waals surface area contributed by atoms with Gasteiger partial charge in [0.1, 0.15) is 11.6 Å². The molecule has 2 aromatic heterocycles. The van der Waals surface area contributed by atoms with Crippen LogP contribution in [0.15, 0.2) is 30.3 Å². The fraction of sp³-hybridized carbons (Fsp3) is 0.333. The van der Waals surface area contributed by atoms with E-state index in [2.05, 4.69) is 20.6 Å². The highest BCUT2D eigenvalue weighted by molar-refractivity contribution is 6.31. The standard InChI is InChI=1S/C18H15ClF4N6O/c19-12-9-11(1-2-13(12)20)24-16(30)10-5-7-28(8-6-10)15-4-3-14-25-26-17(18(21,22)23)29(14)27-15/h1-4,9-10H,5-8H2,(H,24,30). The minimum atomic E-state index is -4.67. The van der Waals surface area contributed by atoms with Gasteiger partial charge in [0, 0.05) is 24.7 Å². The van der Waals surface area contributed by atoms with Crippen LogP contribution in [0.3, 0.4) is 0 Å². The van der Waals surface area contributed by atoms with Crippen LogP contribution in [0.2, 0.25) is 5.02 Å². The summed E-state index contributed by atoms with van der Waals surface area (Å²) in [5, 5.41) is 13.3. The maximum atomic E-state index is 13.2. The van der Waals surface area contributed by atoms with E-state index in [1.807, 2.05) is 0 Å². The van der Waals surface area contributed by atoms with Crippen LogP contribution < -0.4 is 10.2 Å². The Bertz CT molecular complexity index is 1090. The number of carbonyl (C=O) groups is 1. The second-order valence-corrected chi connectivity index (χ2v) is 7.27. The summed E-state index contributed by atoms with van der Waals surface area (Å²) in [7, 11) is 0. The van der Waals surface area contributed by atoms with E-state index in [1.54, 1.807) is 11.0 Å². The number of nitrogens with one attached hydrogen (secondary N) is 1. The van der Waals surface area contributed by atoms with Gasteiger partial charge in [0.05, 0.1) is 5.02 Å². The molecule has 0 spiro atoms. The van der Waals surface area contributed by atoms with Crippen LogP contribution in [-0.4, -0.2) is 38.8 Å². The number of amides is 1. The van der Waals surface area contributed by atoms with Gasteiger partial charge in [0.25, 0.3) is 5.82 Å². The van der Waals surface area contributed by atoms with Gasteiger partial charge in [0.2, 0.25) is 5.91 Å². The Morgan fingerprint density at radius 2 is 1.87 bits per heavy atom. The van der Waals surface area contributed by atoms with Crippen molar-refractivity contribution in [3.05, 3.63) is 47.0 Å². The Kier molecular flexibility index (Phi) is 5.22. The first kappa shape index (κ1) is 20.3. The van der Waals surface area contributed by atoms with Gasteiger partial charge in [-0.3, -0.25) is 4.79 Å².